The minimum atomic E-state index is 0.137. The fourth-order valence-corrected chi connectivity index (χ4v) is 3.82. The maximum absolute atomic E-state index is 6.40. The summed E-state index contributed by atoms with van der Waals surface area (Å²) in [5, 5.41) is 0. The Morgan fingerprint density at radius 3 is 2.50 bits per heavy atom. The zero-order valence-electron chi connectivity index (χ0n) is 11.5. The summed E-state index contributed by atoms with van der Waals surface area (Å²) in [4.78, 5) is 0. The highest BCUT2D eigenvalue weighted by Crippen LogP contribution is 2.58. The summed E-state index contributed by atoms with van der Waals surface area (Å²) in [6.07, 6.45) is 7.31. The van der Waals surface area contributed by atoms with Gasteiger partial charge in [0.1, 0.15) is 0 Å². The molecule has 0 N–H and O–H groups in total. The van der Waals surface area contributed by atoms with Gasteiger partial charge in [0, 0.05) is 0 Å². The molecule has 92 valence electrons. The highest BCUT2D eigenvalue weighted by atomic mass is 16.5. The van der Waals surface area contributed by atoms with Crippen LogP contribution in [0.15, 0.2) is 11.6 Å². The van der Waals surface area contributed by atoms with Crippen LogP contribution in [0.1, 0.15) is 60.3 Å². The highest BCUT2D eigenvalue weighted by Gasteiger charge is 2.59. The van der Waals surface area contributed by atoms with Gasteiger partial charge in [-0.25, -0.2) is 0 Å². The molecule has 4 unspecified atom stereocenters. The third-order valence-corrected chi connectivity index (χ3v) is 4.96. The summed E-state index contributed by atoms with van der Waals surface area (Å²) < 4.78 is 6.40. The number of ether oxygens (including phenoxy) is 1. The van der Waals surface area contributed by atoms with Crippen LogP contribution in [0.3, 0.4) is 0 Å². The molecule has 0 radical (unpaired) electrons. The van der Waals surface area contributed by atoms with Gasteiger partial charge in [-0.2, -0.15) is 0 Å². The van der Waals surface area contributed by atoms with Crippen LogP contribution in [0.5, 0.6) is 0 Å². The fourth-order valence-electron chi connectivity index (χ4n) is 3.82. The van der Waals surface area contributed by atoms with Gasteiger partial charge in [0.05, 0.1) is 11.2 Å². The van der Waals surface area contributed by atoms with Crippen molar-refractivity contribution < 1.29 is 4.74 Å². The van der Waals surface area contributed by atoms with E-state index in [1.54, 1.807) is 0 Å². The first-order valence-electron chi connectivity index (χ1n) is 6.71. The summed E-state index contributed by atoms with van der Waals surface area (Å²) in [6, 6.07) is 0. The molecule has 0 aromatic carbocycles. The molecule has 2 rings (SSSR count). The van der Waals surface area contributed by atoms with Crippen molar-refractivity contribution in [1.29, 1.82) is 0 Å². The first-order valence-corrected chi connectivity index (χ1v) is 6.71. The summed E-state index contributed by atoms with van der Waals surface area (Å²) in [7, 11) is 0. The number of fused-ring (bicyclic) bond motifs is 2. The molecule has 0 aromatic heterocycles. The Hall–Kier alpha value is -0.300. The van der Waals surface area contributed by atoms with E-state index in [2.05, 4.69) is 40.7 Å². The molecule has 1 nitrogen and oxygen atoms in total. The van der Waals surface area contributed by atoms with E-state index in [0.29, 0.717) is 0 Å². The predicted molar refractivity (Wildman–Crippen MR) is 68.4 cm³/mol. The third kappa shape index (κ3) is 1.84. The molecule has 1 saturated heterocycles. The van der Waals surface area contributed by atoms with E-state index in [1.807, 2.05) is 0 Å². The molecule has 1 aliphatic heterocycles. The average Bonchev–Trinajstić information content (AvgIpc) is 2.51. The molecular weight excluding hydrogens is 196 g/mol. The molecule has 1 heteroatoms. The van der Waals surface area contributed by atoms with Gasteiger partial charge in [0.2, 0.25) is 0 Å². The van der Waals surface area contributed by atoms with Crippen molar-refractivity contribution in [2.24, 2.45) is 11.8 Å². The minimum absolute atomic E-state index is 0.137. The van der Waals surface area contributed by atoms with Crippen molar-refractivity contribution in [2.75, 3.05) is 0 Å². The normalized spacial score (nSPS) is 46.1. The van der Waals surface area contributed by atoms with Crippen LogP contribution in [-0.2, 0) is 4.74 Å². The minimum Gasteiger partial charge on any atom is -0.369 e. The van der Waals surface area contributed by atoms with E-state index in [1.165, 1.54) is 24.8 Å². The van der Waals surface area contributed by atoms with Gasteiger partial charge in [0.15, 0.2) is 0 Å². The van der Waals surface area contributed by atoms with Gasteiger partial charge in [-0.05, 0) is 65.2 Å². The second-order valence-electron chi connectivity index (χ2n) is 6.48. The Labute approximate surface area is 100 Å². The van der Waals surface area contributed by atoms with Crippen LogP contribution >= 0.6 is 0 Å². The van der Waals surface area contributed by atoms with Crippen LogP contribution in [0, 0.1) is 11.8 Å². The molecule has 1 aliphatic carbocycles. The van der Waals surface area contributed by atoms with Gasteiger partial charge in [-0.1, -0.05) is 18.6 Å². The SMILES string of the molecule is CC(C)=CCCC1(C)OC2(C)CCC1C2C. The van der Waals surface area contributed by atoms with Crippen LogP contribution in [0.25, 0.3) is 0 Å². The monoisotopic (exact) mass is 222 g/mol. The van der Waals surface area contributed by atoms with Gasteiger partial charge >= 0.3 is 0 Å². The third-order valence-electron chi connectivity index (χ3n) is 4.96. The largest absolute Gasteiger partial charge is 0.369 e. The quantitative estimate of drug-likeness (QED) is 0.646. The Morgan fingerprint density at radius 2 is 2.06 bits per heavy atom. The zero-order valence-corrected chi connectivity index (χ0v) is 11.5. The van der Waals surface area contributed by atoms with Crippen LogP contribution in [-0.4, -0.2) is 11.2 Å². The van der Waals surface area contributed by atoms with Crippen LogP contribution < -0.4 is 0 Å². The molecule has 4 atom stereocenters. The van der Waals surface area contributed by atoms with E-state index >= 15 is 0 Å². The van der Waals surface area contributed by atoms with Crippen LogP contribution in [0.4, 0.5) is 0 Å². The number of rotatable bonds is 3. The molecule has 16 heavy (non-hydrogen) atoms. The molecule has 1 heterocycles. The highest BCUT2D eigenvalue weighted by molar-refractivity contribution is 5.09. The maximum Gasteiger partial charge on any atom is 0.0696 e. The molecule has 2 bridgehead atoms. The predicted octanol–water partition coefficient (Wildman–Crippen LogP) is 4.33. The van der Waals surface area contributed by atoms with Gasteiger partial charge in [-0.15, -0.1) is 0 Å². The topological polar surface area (TPSA) is 9.23 Å². The molecule has 0 amide bonds. The number of hydrogen-bond donors (Lipinski definition) is 0. The fraction of sp³-hybridized carbons (Fsp3) is 0.867. The maximum atomic E-state index is 6.40. The Morgan fingerprint density at radius 1 is 1.38 bits per heavy atom. The second kappa shape index (κ2) is 3.87. The van der Waals surface area contributed by atoms with E-state index in [4.69, 9.17) is 4.74 Å². The second-order valence-corrected chi connectivity index (χ2v) is 6.48. The van der Waals surface area contributed by atoms with E-state index in [0.717, 1.165) is 18.3 Å². The van der Waals surface area contributed by atoms with Crippen molar-refractivity contribution in [3.63, 3.8) is 0 Å². The van der Waals surface area contributed by atoms with Crippen molar-refractivity contribution in [2.45, 2.75) is 71.5 Å². The molecular formula is C15H26O. The molecule has 2 fully saturated rings. The van der Waals surface area contributed by atoms with Crippen molar-refractivity contribution in [3.05, 3.63) is 11.6 Å². The lowest BCUT2D eigenvalue weighted by Gasteiger charge is -2.37. The standard InChI is InChI=1S/C15H26O/c1-11(2)7-6-9-15(5)13-8-10-14(4,16-15)12(13)3/h7,12-13H,6,8-10H2,1-5H3. The van der Waals surface area contributed by atoms with E-state index in [9.17, 15) is 0 Å². The summed E-state index contributed by atoms with van der Waals surface area (Å²) in [5.74, 6) is 1.52. The first kappa shape index (κ1) is 12.2. The van der Waals surface area contributed by atoms with Gasteiger partial charge < -0.3 is 4.74 Å². The van der Waals surface area contributed by atoms with E-state index < -0.39 is 0 Å². The Bertz CT molecular complexity index is 303. The summed E-state index contributed by atoms with van der Waals surface area (Å²) in [6.45, 7) is 11.4. The van der Waals surface area contributed by atoms with Crippen molar-refractivity contribution >= 4 is 0 Å². The number of allylic oxidation sites excluding steroid dienone is 2. The molecule has 0 spiro atoms. The number of hydrogen-bond acceptors (Lipinski definition) is 1. The van der Waals surface area contributed by atoms with Crippen LogP contribution in [0.2, 0.25) is 0 Å². The van der Waals surface area contributed by atoms with Gasteiger partial charge in [-0.3, -0.25) is 0 Å². The summed E-state index contributed by atoms with van der Waals surface area (Å²) >= 11 is 0. The average molecular weight is 222 g/mol. The Kier molecular flexibility index (Phi) is 2.94. The van der Waals surface area contributed by atoms with Crippen molar-refractivity contribution in [1.82, 2.24) is 0 Å². The lowest BCUT2D eigenvalue weighted by Crippen LogP contribution is -2.38. The lowest BCUT2D eigenvalue weighted by molar-refractivity contribution is -0.127. The first-order chi connectivity index (χ1) is 7.37. The van der Waals surface area contributed by atoms with Crippen molar-refractivity contribution in [3.8, 4) is 0 Å². The smallest absolute Gasteiger partial charge is 0.0696 e. The lowest BCUT2D eigenvalue weighted by atomic mass is 9.80. The van der Waals surface area contributed by atoms with Gasteiger partial charge in [0.25, 0.3) is 0 Å². The zero-order chi connectivity index (χ0) is 12.0. The van der Waals surface area contributed by atoms with E-state index in [-0.39, 0.29) is 11.2 Å². The summed E-state index contributed by atoms with van der Waals surface area (Å²) in [5.41, 5.74) is 1.73. The Balaban J connectivity index is 2.03. The molecule has 0 aromatic rings. The molecule has 1 saturated carbocycles. The molecule has 2 aliphatic rings.